The maximum atomic E-state index is 12.4. The minimum atomic E-state index is -0.506. The number of rotatable bonds is 7. The lowest BCUT2D eigenvalue weighted by atomic mass is 10.1. The number of methoxy groups -OCH3 is 2. The molecular weight excluding hydrogens is 320 g/mol. The van der Waals surface area contributed by atoms with Crippen molar-refractivity contribution >= 4 is 23.4 Å². The smallest absolute Gasteiger partial charge is 0.243 e. The number of carbonyl (C=O) groups excluding carboxylic acids is 2. The van der Waals surface area contributed by atoms with Crippen LogP contribution in [0.15, 0.2) is 24.3 Å². The monoisotopic (exact) mass is 340 g/mol. The summed E-state index contributed by atoms with van der Waals surface area (Å²) in [5.41, 5.74) is 0.828. The zero-order valence-corrected chi connectivity index (χ0v) is 14.0. The molecule has 0 spiro atoms. The molecule has 1 aromatic rings. The van der Waals surface area contributed by atoms with E-state index in [9.17, 15) is 9.59 Å². The van der Waals surface area contributed by atoms with Crippen molar-refractivity contribution in [1.82, 2.24) is 10.2 Å². The Bertz CT molecular complexity index is 563. The minimum absolute atomic E-state index is 0.0416. The van der Waals surface area contributed by atoms with Crippen LogP contribution in [0.2, 0.25) is 5.02 Å². The van der Waals surface area contributed by atoms with Gasteiger partial charge in [0.2, 0.25) is 11.8 Å². The standard InChI is InChI=1S/C16H21ClN2O4/c1-22-15(23-2)9-18-16(21)13-7-8-14(20)19(13)10-11-5-3-4-6-12(11)17/h3-6,13,15H,7-10H2,1-2H3,(H,18,21). The van der Waals surface area contributed by atoms with Crippen LogP contribution < -0.4 is 5.32 Å². The molecule has 1 aliphatic heterocycles. The molecule has 1 fully saturated rings. The second-order valence-electron chi connectivity index (χ2n) is 5.31. The summed E-state index contributed by atoms with van der Waals surface area (Å²) >= 11 is 6.15. The minimum Gasteiger partial charge on any atom is -0.354 e. The number of likely N-dealkylation sites (tertiary alicyclic amines) is 1. The number of halogens is 1. The number of carbonyl (C=O) groups is 2. The Hall–Kier alpha value is -1.63. The largest absolute Gasteiger partial charge is 0.354 e. The number of amides is 2. The number of ether oxygens (including phenoxy) is 2. The lowest BCUT2D eigenvalue weighted by molar-refractivity contribution is -0.138. The van der Waals surface area contributed by atoms with E-state index in [4.69, 9.17) is 21.1 Å². The molecule has 6 nitrogen and oxygen atoms in total. The summed E-state index contributed by atoms with van der Waals surface area (Å²) in [4.78, 5) is 26.0. The molecule has 0 aromatic heterocycles. The van der Waals surface area contributed by atoms with Crippen LogP contribution in [-0.4, -0.2) is 49.8 Å². The van der Waals surface area contributed by atoms with Crippen molar-refractivity contribution < 1.29 is 19.1 Å². The van der Waals surface area contributed by atoms with E-state index in [0.29, 0.717) is 24.4 Å². The SMILES string of the molecule is COC(CNC(=O)C1CCC(=O)N1Cc1ccccc1Cl)OC. The Morgan fingerprint density at radius 2 is 2.09 bits per heavy atom. The van der Waals surface area contributed by atoms with Gasteiger partial charge >= 0.3 is 0 Å². The highest BCUT2D eigenvalue weighted by Gasteiger charge is 2.36. The average molecular weight is 341 g/mol. The first-order chi connectivity index (χ1) is 11.1. The zero-order valence-electron chi connectivity index (χ0n) is 13.3. The molecule has 2 rings (SSSR count). The van der Waals surface area contributed by atoms with Gasteiger partial charge in [-0.2, -0.15) is 0 Å². The summed E-state index contributed by atoms with van der Waals surface area (Å²) in [6, 6.07) is 6.83. The first-order valence-corrected chi connectivity index (χ1v) is 7.80. The van der Waals surface area contributed by atoms with Crippen molar-refractivity contribution in [1.29, 1.82) is 0 Å². The molecule has 1 N–H and O–H groups in total. The Morgan fingerprint density at radius 3 is 2.74 bits per heavy atom. The van der Waals surface area contributed by atoms with Crippen molar-refractivity contribution in [2.24, 2.45) is 0 Å². The van der Waals surface area contributed by atoms with E-state index in [1.807, 2.05) is 18.2 Å². The number of nitrogens with zero attached hydrogens (tertiary/aromatic N) is 1. The van der Waals surface area contributed by atoms with E-state index < -0.39 is 12.3 Å². The molecule has 1 heterocycles. The third kappa shape index (κ3) is 4.43. The third-order valence-corrected chi connectivity index (χ3v) is 4.27. The van der Waals surface area contributed by atoms with Gasteiger partial charge in [-0.25, -0.2) is 0 Å². The maximum Gasteiger partial charge on any atom is 0.243 e. The quantitative estimate of drug-likeness (QED) is 0.765. The van der Waals surface area contributed by atoms with Crippen LogP contribution in [-0.2, 0) is 25.6 Å². The van der Waals surface area contributed by atoms with E-state index in [2.05, 4.69) is 5.32 Å². The van der Waals surface area contributed by atoms with Crippen LogP contribution in [0.3, 0.4) is 0 Å². The van der Waals surface area contributed by atoms with Gasteiger partial charge < -0.3 is 19.7 Å². The van der Waals surface area contributed by atoms with Gasteiger partial charge in [-0.1, -0.05) is 29.8 Å². The summed E-state index contributed by atoms with van der Waals surface area (Å²) in [6.07, 6.45) is 0.355. The molecule has 1 saturated heterocycles. The van der Waals surface area contributed by atoms with Crippen LogP contribution in [0.5, 0.6) is 0 Å². The Balaban J connectivity index is 2.01. The summed E-state index contributed by atoms with van der Waals surface area (Å²) < 4.78 is 10.1. The Kier molecular flexibility index (Phi) is 6.38. The predicted molar refractivity (Wildman–Crippen MR) is 85.8 cm³/mol. The van der Waals surface area contributed by atoms with Crippen LogP contribution in [0.4, 0.5) is 0 Å². The van der Waals surface area contributed by atoms with Gasteiger partial charge in [-0.3, -0.25) is 9.59 Å². The number of nitrogens with one attached hydrogen (secondary N) is 1. The molecule has 0 saturated carbocycles. The van der Waals surface area contributed by atoms with Crippen LogP contribution in [0, 0.1) is 0 Å². The highest BCUT2D eigenvalue weighted by atomic mass is 35.5. The molecule has 2 amide bonds. The fraction of sp³-hybridized carbons (Fsp3) is 0.500. The number of hydrogen-bond donors (Lipinski definition) is 1. The second kappa shape index (κ2) is 8.29. The molecule has 23 heavy (non-hydrogen) atoms. The van der Waals surface area contributed by atoms with Gasteiger partial charge in [0.25, 0.3) is 0 Å². The van der Waals surface area contributed by atoms with E-state index in [-0.39, 0.29) is 18.4 Å². The zero-order chi connectivity index (χ0) is 16.8. The first-order valence-electron chi connectivity index (χ1n) is 7.43. The molecular formula is C16H21ClN2O4. The summed E-state index contributed by atoms with van der Waals surface area (Å²) in [5.74, 6) is -0.248. The molecule has 0 radical (unpaired) electrons. The van der Waals surface area contributed by atoms with Crippen LogP contribution in [0.1, 0.15) is 18.4 Å². The highest BCUT2D eigenvalue weighted by Crippen LogP contribution is 2.24. The summed E-state index contributed by atoms with van der Waals surface area (Å²) in [5, 5.41) is 3.35. The summed E-state index contributed by atoms with van der Waals surface area (Å²) in [7, 11) is 3.01. The molecule has 1 unspecified atom stereocenters. The van der Waals surface area contributed by atoms with Gasteiger partial charge in [-0.05, 0) is 18.1 Å². The molecule has 1 atom stereocenters. The Labute approximate surface area is 140 Å². The molecule has 1 aliphatic rings. The maximum absolute atomic E-state index is 12.4. The van der Waals surface area contributed by atoms with Crippen molar-refractivity contribution in [3.05, 3.63) is 34.9 Å². The first kappa shape index (κ1) is 17.7. The lowest BCUT2D eigenvalue weighted by Gasteiger charge is -2.25. The number of benzene rings is 1. The molecule has 0 aliphatic carbocycles. The van der Waals surface area contributed by atoms with E-state index in [1.165, 1.54) is 14.2 Å². The normalized spacial score (nSPS) is 17.8. The lowest BCUT2D eigenvalue weighted by Crippen LogP contribution is -2.46. The fourth-order valence-electron chi connectivity index (χ4n) is 2.58. The average Bonchev–Trinajstić information content (AvgIpc) is 2.91. The van der Waals surface area contributed by atoms with E-state index in [0.717, 1.165) is 5.56 Å². The van der Waals surface area contributed by atoms with Gasteiger partial charge in [0, 0.05) is 32.2 Å². The third-order valence-electron chi connectivity index (χ3n) is 3.90. The van der Waals surface area contributed by atoms with E-state index in [1.54, 1.807) is 11.0 Å². The van der Waals surface area contributed by atoms with Gasteiger partial charge in [0.05, 0.1) is 6.54 Å². The highest BCUT2D eigenvalue weighted by molar-refractivity contribution is 6.31. The second-order valence-corrected chi connectivity index (χ2v) is 5.72. The van der Waals surface area contributed by atoms with Crippen molar-refractivity contribution in [2.75, 3.05) is 20.8 Å². The van der Waals surface area contributed by atoms with Crippen LogP contribution >= 0.6 is 11.6 Å². The van der Waals surface area contributed by atoms with Gasteiger partial charge in [0.15, 0.2) is 6.29 Å². The van der Waals surface area contributed by atoms with Gasteiger partial charge in [0.1, 0.15) is 6.04 Å². The van der Waals surface area contributed by atoms with Crippen molar-refractivity contribution in [3.8, 4) is 0 Å². The van der Waals surface area contributed by atoms with E-state index >= 15 is 0 Å². The Morgan fingerprint density at radius 1 is 1.39 bits per heavy atom. The summed E-state index contributed by atoms with van der Waals surface area (Å²) in [6.45, 7) is 0.561. The molecule has 1 aromatic carbocycles. The number of hydrogen-bond acceptors (Lipinski definition) is 4. The predicted octanol–water partition coefficient (Wildman–Crippen LogP) is 1.57. The van der Waals surface area contributed by atoms with Gasteiger partial charge in [-0.15, -0.1) is 0 Å². The topological polar surface area (TPSA) is 67.9 Å². The van der Waals surface area contributed by atoms with Crippen LogP contribution in [0.25, 0.3) is 0 Å². The van der Waals surface area contributed by atoms with Crippen molar-refractivity contribution in [3.63, 3.8) is 0 Å². The molecule has 0 bridgehead atoms. The molecule has 126 valence electrons. The molecule has 7 heteroatoms. The fourth-order valence-corrected chi connectivity index (χ4v) is 2.77. The van der Waals surface area contributed by atoms with Crippen molar-refractivity contribution in [2.45, 2.75) is 31.7 Å².